The van der Waals surface area contributed by atoms with Gasteiger partial charge in [0.1, 0.15) is 0 Å². The summed E-state index contributed by atoms with van der Waals surface area (Å²) in [5, 5.41) is 8.37. The molecule has 0 fully saturated rings. The molecule has 1 radical (unpaired) electrons. The van der Waals surface area contributed by atoms with E-state index in [4.69, 9.17) is 19.1 Å². The summed E-state index contributed by atoms with van der Waals surface area (Å²) in [7, 11) is -1.61. The van der Waals surface area contributed by atoms with E-state index in [0.29, 0.717) is 31.1 Å². The third-order valence-electron chi connectivity index (χ3n) is 7.92. The minimum absolute atomic E-state index is 0. The standard InChI is InChI=1S/C30H57BO6.C10H20O2.Ag/c1-28(2,3)22-16-10-13-19-25(32)35-31(36-26(33)20-14-11-17-23-29(4,5)6)37-27(34)21-15-12-18-24-30(7,8)9;1-10(2,3)8-6-4-5-7-9(11)12;/h10-24H2,1-9H3;4-8H2,1-3H3,(H,11,12);. The van der Waals surface area contributed by atoms with Crippen molar-refractivity contribution >= 4 is 31.2 Å². The molecule has 50 heavy (non-hydrogen) atoms. The second-order valence-electron chi connectivity index (χ2n) is 18.6. The number of carbonyl (C=O) groups is 4. The van der Waals surface area contributed by atoms with Crippen LogP contribution in [0.2, 0.25) is 0 Å². The molecule has 10 heteroatoms. The summed E-state index contributed by atoms with van der Waals surface area (Å²) in [6.07, 6.45) is 16.3. The normalized spacial score (nSPS) is 11.8. The molecular formula is C40H77AgBO8. The minimum Gasteiger partial charge on any atom is -0.481 e. The quantitative estimate of drug-likeness (QED) is 0.0802. The van der Waals surface area contributed by atoms with E-state index in [2.05, 4.69) is 83.1 Å². The molecular weight excluding hydrogens is 727 g/mol. The molecule has 8 nitrogen and oxygen atoms in total. The van der Waals surface area contributed by atoms with Gasteiger partial charge in [-0.25, -0.2) is 0 Å². The zero-order valence-electron chi connectivity index (χ0n) is 34.3. The van der Waals surface area contributed by atoms with Crippen LogP contribution in [-0.4, -0.2) is 36.3 Å². The third kappa shape index (κ3) is 44.7. The predicted octanol–water partition coefficient (Wildman–Crippen LogP) is 11.7. The first-order valence-corrected chi connectivity index (χ1v) is 19.2. The Hall–Kier alpha value is -1.31. The Balaban J connectivity index is -0.00000144. The van der Waals surface area contributed by atoms with Gasteiger partial charge in [0.05, 0.1) is 0 Å². The van der Waals surface area contributed by atoms with Crippen LogP contribution in [0.25, 0.3) is 0 Å². The fraction of sp³-hybridized carbons (Fsp3) is 0.900. The van der Waals surface area contributed by atoms with Crippen molar-refractivity contribution in [3.8, 4) is 0 Å². The molecule has 0 saturated heterocycles. The summed E-state index contributed by atoms with van der Waals surface area (Å²) in [5.41, 5.74) is 1.21. The third-order valence-corrected chi connectivity index (χ3v) is 7.92. The molecule has 0 aliphatic heterocycles. The molecule has 0 unspecified atom stereocenters. The van der Waals surface area contributed by atoms with Gasteiger partial charge in [-0.15, -0.1) is 0 Å². The van der Waals surface area contributed by atoms with Gasteiger partial charge in [0.15, 0.2) is 0 Å². The molecule has 0 aliphatic rings. The van der Waals surface area contributed by atoms with Crippen molar-refractivity contribution < 1.29 is 60.6 Å². The molecule has 1 N–H and O–H groups in total. The number of carbonyl (C=O) groups excluding carboxylic acids is 3. The Kier molecular flexibility index (Phi) is 29.9. The van der Waals surface area contributed by atoms with E-state index in [1.54, 1.807) is 0 Å². The number of carboxylic acid groups (broad SMARTS) is 1. The number of unbranched alkanes of at least 4 members (excludes halogenated alkanes) is 8. The second kappa shape index (κ2) is 28.2. The summed E-state index contributed by atoms with van der Waals surface area (Å²) in [5.74, 6) is -2.23. The van der Waals surface area contributed by atoms with Crippen LogP contribution in [0.15, 0.2) is 0 Å². The molecule has 0 aromatic rings. The van der Waals surface area contributed by atoms with E-state index < -0.39 is 31.2 Å². The fourth-order valence-corrected chi connectivity index (χ4v) is 4.98. The summed E-state index contributed by atoms with van der Waals surface area (Å²) < 4.78 is 15.8. The van der Waals surface area contributed by atoms with Gasteiger partial charge in [0.2, 0.25) is 0 Å². The van der Waals surface area contributed by atoms with Crippen molar-refractivity contribution in [1.82, 2.24) is 0 Å². The Morgan fingerprint density at radius 3 is 0.820 bits per heavy atom. The molecule has 0 aromatic heterocycles. The van der Waals surface area contributed by atoms with Crippen LogP contribution in [0.4, 0.5) is 0 Å². The van der Waals surface area contributed by atoms with Crippen LogP contribution in [0.1, 0.15) is 212 Å². The molecule has 0 aliphatic carbocycles. The monoisotopic (exact) mass is 803 g/mol. The molecule has 0 spiro atoms. The van der Waals surface area contributed by atoms with Crippen molar-refractivity contribution in [2.24, 2.45) is 21.7 Å². The van der Waals surface area contributed by atoms with E-state index >= 15 is 0 Å². The number of hydrogen-bond donors (Lipinski definition) is 1. The van der Waals surface area contributed by atoms with E-state index in [9.17, 15) is 19.2 Å². The van der Waals surface area contributed by atoms with Crippen LogP contribution >= 0.6 is 0 Å². The first kappa shape index (κ1) is 53.0. The molecule has 0 saturated carbocycles. The first-order valence-electron chi connectivity index (χ1n) is 19.2. The molecule has 0 atom stereocenters. The van der Waals surface area contributed by atoms with E-state index in [-0.39, 0.29) is 57.9 Å². The van der Waals surface area contributed by atoms with Crippen molar-refractivity contribution in [1.29, 1.82) is 0 Å². The Labute approximate surface area is 323 Å². The molecule has 0 amide bonds. The zero-order valence-corrected chi connectivity index (χ0v) is 35.8. The van der Waals surface area contributed by atoms with Crippen LogP contribution < -0.4 is 0 Å². The summed E-state index contributed by atoms with van der Waals surface area (Å²) in [6, 6.07) is 0. The van der Waals surface area contributed by atoms with Gasteiger partial charge in [0.25, 0.3) is 17.9 Å². The number of carboxylic acids is 1. The van der Waals surface area contributed by atoms with Gasteiger partial charge < -0.3 is 19.1 Å². The van der Waals surface area contributed by atoms with Crippen LogP contribution in [0, 0.1) is 21.7 Å². The van der Waals surface area contributed by atoms with E-state index in [1.165, 1.54) is 6.42 Å². The van der Waals surface area contributed by atoms with Crippen molar-refractivity contribution in [2.75, 3.05) is 0 Å². The minimum atomic E-state index is -1.61. The Morgan fingerprint density at radius 2 is 0.620 bits per heavy atom. The van der Waals surface area contributed by atoms with Gasteiger partial charge in [-0.2, -0.15) is 0 Å². The SMILES string of the molecule is CC(C)(C)CCCCCC(=O)O.CC(C)(C)CCCCCC(=O)OB(OC(=O)CCCCCC(C)(C)C)OC(=O)CCCCCC(C)(C)C.[Ag]. The molecule has 0 aromatic carbocycles. The van der Waals surface area contributed by atoms with Gasteiger partial charge in [-0.1, -0.05) is 134 Å². The number of rotatable bonds is 23. The van der Waals surface area contributed by atoms with Gasteiger partial charge in [0, 0.05) is 48.1 Å². The fourth-order valence-electron chi connectivity index (χ4n) is 4.98. The average molecular weight is 805 g/mol. The maximum absolute atomic E-state index is 12.4. The average Bonchev–Trinajstić information content (AvgIpc) is 2.90. The van der Waals surface area contributed by atoms with Crippen LogP contribution in [0.3, 0.4) is 0 Å². The Morgan fingerprint density at radius 1 is 0.400 bits per heavy atom. The molecule has 0 rings (SSSR count). The van der Waals surface area contributed by atoms with Gasteiger partial charge >= 0.3 is 13.3 Å². The maximum Gasteiger partial charge on any atom is 0.870 e. The zero-order chi connectivity index (χ0) is 38.2. The Bertz CT molecular complexity index is 820. The summed E-state index contributed by atoms with van der Waals surface area (Å²) in [4.78, 5) is 47.2. The van der Waals surface area contributed by atoms with E-state index in [1.807, 2.05) is 0 Å². The predicted molar refractivity (Wildman–Crippen MR) is 202 cm³/mol. The summed E-state index contributed by atoms with van der Waals surface area (Å²) in [6.45, 7) is 26.4. The van der Waals surface area contributed by atoms with Crippen molar-refractivity contribution in [3.05, 3.63) is 0 Å². The molecule has 0 bridgehead atoms. The van der Waals surface area contributed by atoms with Crippen molar-refractivity contribution in [3.63, 3.8) is 0 Å². The first-order chi connectivity index (χ1) is 22.4. The summed E-state index contributed by atoms with van der Waals surface area (Å²) >= 11 is 0. The number of hydrogen-bond acceptors (Lipinski definition) is 7. The maximum atomic E-state index is 12.4. The molecule has 0 heterocycles. The number of aliphatic carboxylic acids is 1. The van der Waals surface area contributed by atoms with E-state index in [0.717, 1.165) is 77.0 Å². The van der Waals surface area contributed by atoms with Crippen LogP contribution in [0.5, 0.6) is 0 Å². The smallest absolute Gasteiger partial charge is 0.481 e. The molecule has 299 valence electrons. The topological polar surface area (TPSA) is 116 Å². The van der Waals surface area contributed by atoms with Gasteiger partial charge in [-0.3, -0.25) is 19.2 Å². The largest absolute Gasteiger partial charge is 0.870 e. The van der Waals surface area contributed by atoms with Crippen molar-refractivity contribution in [2.45, 2.75) is 212 Å². The van der Waals surface area contributed by atoms with Crippen LogP contribution in [-0.2, 0) is 55.5 Å². The second-order valence-corrected chi connectivity index (χ2v) is 18.6. The van der Waals surface area contributed by atoms with Gasteiger partial charge in [-0.05, 0) is 73.0 Å².